The van der Waals surface area contributed by atoms with E-state index in [2.05, 4.69) is 41.4 Å². The van der Waals surface area contributed by atoms with Crippen molar-refractivity contribution < 1.29 is 17.6 Å². The van der Waals surface area contributed by atoms with Crippen molar-refractivity contribution in [2.45, 2.75) is 57.2 Å². The lowest BCUT2D eigenvalue weighted by atomic mass is 9.94. The van der Waals surface area contributed by atoms with Gasteiger partial charge in [-0.3, -0.25) is 0 Å². The van der Waals surface area contributed by atoms with Crippen LogP contribution in [-0.4, -0.2) is 56.7 Å². The topological polar surface area (TPSA) is 106 Å². The Morgan fingerprint density at radius 3 is 2.48 bits per heavy atom. The molecule has 0 saturated carbocycles. The second-order valence-electron chi connectivity index (χ2n) is 7.98. The first-order chi connectivity index (χ1) is 12.6. The molecule has 2 N–H and O–H groups in total. The molecule has 27 heavy (non-hydrogen) atoms. The molecule has 0 radical (unpaired) electrons. The first-order valence-electron chi connectivity index (χ1n) is 9.32. The number of ether oxygens (including phenoxy) is 1. The molecular weight excluding hydrogens is 368 g/mol. The van der Waals surface area contributed by atoms with Gasteiger partial charge in [-0.15, -0.1) is 0 Å². The normalized spacial score (nSPS) is 18.3. The Kier molecular flexibility index (Phi) is 6.91. The van der Waals surface area contributed by atoms with Crippen molar-refractivity contribution in [2.75, 3.05) is 32.6 Å². The molecule has 2 heterocycles. The van der Waals surface area contributed by atoms with E-state index in [4.69, 9.17) is 9.15 Å². The van der Waals surface area contributed by atoms with Crippen LogP contribution in [0.5, 0.6) is 0 Å². The van der Waals surface area contributed by atoms with Gasteiger partial charge in [-0.25, -0.2) is 18.4 Å². The van der Waals surface area contributed by atoms with Crippen LogP contribution >= 0.6 is 0 Å². The number of aliphatic imine (C=N–C) groups is 1. The molecule has 9 heteroatoms. The van der Waals surface area contributed by atoms with Crippen LogP contribution in [0.3, 0.4) is 0 Å². The number of hydrogen-bond donors (Lipinski definition) is 2. The molecule has 0 bridgehead atoms. The molecule has 1 saturated heterocycles. The van der Waals surface area contributed by atoms with Crippen LogP contribution in [0.4, 0.5) is 0 Å². The van der Waals surface area contributed by atoms with Crippen LogP contribution in [0.1, 0.15) is 52.2 Å². The fourth-order valence-corrected chi connectivity index (χ4v) is 4.13. The maximum absolute atomic E-state index is 12.4. The fourth-order valence-electron chi connectivity index (χ4n) is 2.89. The fraction of sp³-hybridized carbons (Fsp3) is 0.778. The van der Waals surface area contributed by atoms with Gasteiger partial charge in [0.25, 0.3) is 0 Å². The summed E-state index contributed by atoms with van der Waals surface area (Å²) in [5.74, 6) is 1.88. The van der Waals surface area contributed by atoms with Gasteiger partial charge >= 0.3 is 0 Å². The molecule has 154 valence electrons. The van der Waals surface area contributed by atoms with Crippen LogP contribution in [0, 0.1) is 0 Å². The standard InChI is InChI=1S/C18H32N4O4S/c1-6-19-16(21-12-15-20-11-14(26-15)17(2,3)4)22-13-18(27(5,23)24)7-9-25-10-8-18/h11H,6-10,12-13H2,1-5H3,(H2,19,21,22). The summed E-state index contributed by atoms with van der Waals surface area (Å²) < 4.78 is 35.0. The lowest BCUT2D eigenvalue weighted by Crippen LogP contribution is -2.53. The zero-order valence-electron chi connectivity index (χ0n) is 17.0. The van der Waals surface area contributed by atoms with Crippen LogP contribution in [0.2, 0.25) is 0 Å². The molecule has 1 aromatic rings. The third-order valence-corrected chi connectivity index (χ3v) is 6.90. The lowest BCUT2D eigenvalue weighted by molar-refractivity contribution is 0.0756. The first kappa shape index (κ1) is 21.7. The second kappa shape index (κ2) is 8.60. The van der Waals surface area contributed by atoms with E-state index in [-0.39, 0.29) is 12.0 Å². The smallest absolute Gasteiger partial charge is 0.216 e. The number of hydrogen-bond acceptors (Lipinski definition) is 6. The summed E-state index contributed by atoms with van der Waals surface area (Å²) >= 11 is 0. The predicted molar refractivity (Wildman–Crippen MR) is 106 cm³/mol. The minimum absolute atomic E-state index is 0.108. The van der Waals surface area contributed by atoms with E-state index in [0.29, 0.717) is 51.0 Å². The van der Waals surface area contributed by atoms with Gasteiger partial charge in [-0.05, 0) is 19.8 Å². The van der Waals surface area contributed by atoms with Gasteiger partial charge in [0.15, 0.2) is 15.8 Å². The predicted octanol–water partition coefficient (Wildman–Crippen LogP) is 1.62. The summed E-state index contributed by atoms with van der Waals surface area (Å²) in [5.41, 5.74) is -0.108. The maximum Gasteiger partial charge on any atom is 0.216 e. The Bertz CT molecular complexity index is 744. The summed E-state index contributed by atoms with van der Waals surface area (Å²) in [6.45, 7) is 10.3. The van der Waals surface area contributed by atoms with Crippen molar-refractivity contribution in [3.8, 4) is 0 Å². The lowest BCUT2D eigenvalue weighted by Gasteiger charge is -2.35. The van der Waals surface area contributed by atoms with E-state index >= 15 is 0 Å². The molecule has 2 rings (SSSR count). The Morgan fingerprint density at radius 2 is 1.96 bits per heavy atom. The summed E-state index contributed by atoms with van der Waals surface area (Å²) in [4.78, 5) is 8.76. The second-order valence-corrected chi connectivity index (χ2v) is 10.4. The van der Waals surface area contributed by atoms with Crippen molar-refractivity contribution in [3.63, 3.8) is 0 Å². The van der Waals surface area contributed by atoms with Gasteiger partial charge in [0.1, 0.15) is 12.3 Å². The molecule has 0 spiro atoms. The summed E-state index contributed by atoms with van der Waals surface area (Å²) in [6, 6.07) is 0. The number of sulfone groups is 1. The zero-order chi connectivity index (χ0) is 20.1. The molecule has 0 aromatic carbocycles. The molecule has 1 fully saturated rings. The molecule has 1 aromatic heterocycles. The first-order valence-corrected chi connectivity index (χ1v) is 11.2. The van der Waals surface area contributed by atoms with Crippen molar-refractivity contribution in [3.05, 3.63) is 17.8 Å². The third-order valence-electron chi connectivity index (χ3n) is 4.78. The van der Waals surface area contributed by atoms with Crippen LogP contribution in [0.25, 0.3) is 0 Å². The monoisotopic (exact) mass is 400 g/mol. The minimum Gasteiger partial charge on any atom is -0.443 e. The Morgan fingerprint density at radius 1 is 1.30 bits per heavy atom. The molecule has 0 aliphatic carbocycles. The van der Waals surface area contributed by atoms with E-state index < -0.39 is 14.6 Å². The van der Waals surface area contributed by atoms with E-state index in [1.54, 1.807) is 6.20 Å². The van der Waals surface area contributed by atoms with Gasteiger partial charge in [0.05, 0.1) is 10.9 Å². The summed E-state index contributed by atoms with van der Waals surface area (Å²) in [7, 11) is -3.23. The molecule has 1 aliphatic heterocycles. The number of rotatable bonds is 6. The van der Waals surface area contributed by atoms with Gasteiger partial charge in [0, 0.05) is 38.0 Å². The highest BCUT2D eigenvalue weighted by Gasteiger charge is 2.42. The maximum atomic E-state index is 12.4. The molecule has 0 amide bonds. The third kappa shape index (κ3) is 5.68. The van der Waals surface area contributed by atoms with Gasteiger partial charge < -0.3 is 19.8 Å². The Labute approximate surface area is 162 Å². The number of aromatic nitrogens is 1. The number of oxazole rings is 1. The highest BCUT2D eigenvalue weighted by atomic mass is 32.2. The average molecular weight is 401 g/mol. The number of guanidine groups is 1. The van der Waals surface area contributed by atoms with E-state index in [1.165, 1.54) is 6.26 Å². The molecule has 8 nitrogen and oxygen atoms in total. The molecule has 0 unspecified atom stereocenters. The molecule has 1 aliphatic rings. The minimum atomic E-state index is -3.23. The van der Waals surface area contributed by atoms with Crippen molar-refractivity contribution in [1.82, 2.24) is 15.6 Å². The van der Waals surface area contributed by atoms with Crippen LogP contribution in [-0.2, 0) is 26.5 Å². The molecular formula is C18H32N4O4S. The number of nitrogens with one attached hydrogen (secondary N) is 2. The quantitative estimate of drug-likeness (QED) is 0.552. The van der Waals surface area contributed by atoms with Gasteiger partial charge in [-0.2, -0.15) is 0 Å². The van der Waals surface area contributed by atoms with E-state index in [0.717, 1.165) is 5.76 Å². The van der Waals surface area contributed by atoms with Crippen molar-refractivity contribution in [2.24, 2.45) is 4.99 Å². The highest BCUT2D eigenvalue weighted by Crippen LogP contribution is 2.28. The van der Waals surface area contributed by atoms with Crippen molar-refractivity contribution >= 4 is 15.8 Å². The largest absolute Gasteiger partial charge is 0.443 e. The van der Waals surface area contributed by atoms with Crippen LogP contribution in [0.15, 0.2) is 15.6 Å². The Hall–Kier alpha value is -1.61. The average Bonchev–Trinajstić information content (AvgIpc) is 3.06. The SMILES string of the molecule is CCNC(=NCc1ncc(C(C)(C)C)o1)NCC1(S(C)(=O)=O)CCOCC1. The highest BCUT2D eigenvalue weighted by molar-refractivity contribution is 7.92. The van der Waals surface area contributed by atoms with E-state index in [9.17, 15) is 8.42 Å². The van der Waals surface area contributed by atoms with Crippen LogP contribution < -0.4 is 10.6 Å². The zero-order valence-corrected chi connectivity index (χ0v) is 17.8. The van der Waals surface area contributed by atoms with Gasteiger partial charge in [-0.1, -0.05) is 20.8 Å². The van der Waals surface area contributed by atoms with E-state index in [1.807, 2.05) is 6.92 Å². The summed E-state index contributed by atoms with van der Waals surface area (Å²) in [6.07, 6.45) is 3.98. The van der Waals surface area contributed by atoms with Gasteiger partial charge in [0.2, 0.25) is 5.89 Å². The molecule has 0 atom stereocenters. The summed E-state index contributed by atoms with van der Waals surface area (Å²) in [5, 5.41) is 6.32. The number of nitrogens with zero attached hydrogens (tertiary/aromatic N) is 2. The van der Waals surface area contributed by atoms with Crippen molar-refractivity contribution in [1.29, 1.82) is 0 Å². The Balaban J connectivity index is 2.07.